The average Bonchev–Trinajstić information content (AvgIpc) is 3.10. The minimum Gasteiger partial charge on any atom is -0.463 e. The van der Waals surface area contributed by atoms with Gasteiger partial charge in [0, 0.05) is 6.42 Å². The molecule has 0 atom stereocenters. The van der Waals surface area contributed by atoms with Crippen LogP contribution in [-0.4, -0.2) is 160 Å². The van der Waals surface area contributed by atoms with E-state index in [0.717, 1.165) is 12.8 Å². The van der Waals surface area contributed by atoms with Gasteiger partial charge in [0.1, 0.15) is 6.61 Å². The van der Waals surface area contributed by atoms with E-state index >= 15 is 0 Å². The number of hydrogen-bond donors (Lipinski definition) is 0. The van der Waals surface area contributed by atoms with Crippen molar-refractivity contribution >= 4 is 14.3 Å². The molecule has 0 rings (SSSR count). The predicted molar refractivity (Wildman–Crippen MR) is 205 cm³/mol. The zero-order valence-corrected chi connectivity index (χ0v) is 35.0. The third-order valence-corrected chi connectivity index (χ3v) is 12.9. The lowest BCUT2D eigenvalue weighted by Gasteiger charge is -2.36. The molecule has 0 bridgehead atoms. The largest absolute Gasteiger partial charge is 0.463 e. The molecule has 0 saturated carbocycles. The van der Waals surface area contributed by atoms with Gasteiger partial charge in [0.25, 0.3) is 0 Å². The van der Waals surface area contributed by atoms with Crippen molar-refractivity contribution in [2.24, 2.45) is 0 Å². The van der Waals surface area contributed by atoms with Crippen LogP contribution in [0.25, 0.3) is 0 Å². The first-order valence-corrected chi connectivity index (χ1v) is 22.7. The van der Waals surface area contributed by atoms with Crippen molar-refractivity contribution in [2.45, 2.75) is 97.2 Å². The van der Waals surface area contributed by atoms with Crippen molar-refractivity contribution < 1.29 is 61.3 Å². The van der Waals surface area contributed by atoms with E-state index < -0.39 is 8.32 Å². The lowest BCUT2D eigenvalue weighted by molar-refractivity contribution is -0.145. The van der Waals surface area contributed by atoms with E-state index in [1.165, 1.54) is 32.1 Å². The van der Waals surface area contributed by atoms with E-state index in [2.05, 4.69) is 40.8 Å². The molecule has 52 heavy (non-hydrogen) atoms. The maximum absolute atomic E-state index is 11.7. The highest BCUT2D eigenvalue weighted by molar-refractivity contribution is 6.74. The van der Waals surface area contributed by atoms with Crippen molar-refractivity contribution in [1.82, 2.24) is 0 Å². The van der Waals surface area contributed by atoms with Crippen LogP contribution in [0.1, 0.15) is 79.1 Å². The number of esters is 1. The molecule has 0 radical (unpaired) electrons. The van der Waals surface area contributed by atoms with Crippen LogP contribution in [-0.2, 0) is 61.3 Å². The Morgan fingerprint density at radius 2 is 0.673 bits per heavy atom. The van der Waals surface area contributed by atoms with Gasteiger partial charge >= 0.3 is 5.97 Å². The first kappa shape index (κ1) is 51.2. The van der Waals surface area contributed by atoms with Crippen molar-refractivity contribution in [3.8, 4) is 0 Å². The summed E-state index contributed by atoms with van der Waals surface area (Å²) in [7, 11) is -1.70. The normalized spacial score (nSPS) is 12.2. The minimum absolute atomic E-state index is 0.140. The van der Waals surface area contributed by atoms with Crippen LogP contribution in [0.2, 0.25) is 18.1 Å². The van der Waals surface area contributed by atoms with Gasteiger partial charge in [-0.15, -0.1) is 0 Å². The summed E-state index contributed by atoms with van der Waals surface area (Å²) in [4.78, 5) is 11.7. The number of unbranched alkanes of at least 4 members (excludes halogenated alkanes) is 6. The summed E-state index contributed by atoms with van der Waals surface area (Å²) in [5.74, 6) is -0.140. The fourth-order valence-corrected chi connectivity index (χ4v) is 5.19. The third kappa shape index (κ3) is 37.6. The fraction of sp³-hybridized carbons (Fsp3) is 0.974. The molecule has 0 aromatic rings. The SMILES string of the molecule is CCCCCCCCCC(=O)OCCOCCOCCOCCOCCOCCOCCOCCOCCOCCOCCO[Si](C)(C)C(C)(C)C. The van der Waals surface area contributed by atoms with Gasteiger partial charge in [-0.1, -0.05) is 66.2 Å². The van der Waals surface area contributed by atoms with Crippen LogP contribution in [0, 0.1) is 0 Å². The van der Waals surface area contributed by atoms with Gasteiger partial charge in [-0.3, -0.25) is 4.79 Å². The number of carbonyl (C=O) groups is 1. The Balaban J connectivity index is 3.16. The Kier molecular flexibility index (Phi) is 38.0. The number of hydrogen-bond acceptors (Lipinski definition) is 13. The second-order valence-electron chi connectivity index (χ2n) is 13.8. The Morgan fingerprint density at radius 1 is 0.404 bits per heavy atom. The molecule has 0 aromatic carbocycles. The minimum atomic E-state index is -1.70. The molecule has 0 aliphatic heterocycles. The Hall–Kier alpha value is -0.753. The lowest BCUT2D eigenvalue weighted by Crippen LogP contribution is -2.41. The highest BCUT2D eigenvalue weighted by Crippen LogP contribution is 2.36. The Morgan fingerprint density at radius 3 is 0.981 bits per heavy atom. The molecule has 312 valence electrons. The summed E-state index contributed by atoms with van der Waals surface area (Å²) in [6.45, 7) is 24.4. The molecule has 0 amide bonds. The second-order valence-corrected chi connectivity index (χ2v) is 18.6. The molecular weight excluding hydrogens is 692 g/mol. The Bertz CT molecular complexity index is 740. The van der Waals surface area contributed by atoms with Gasteiger partial charge in [-0.2, -0.15) is 0 Å². The highest BCUT2D eigenvalue weighted by atomic mass is 28.4. The van der Waals surface area contributed by atoms with Crippen LogP contribution < -0.4 is 0 Å². The maximum atomic E-state index is 11.7. The molecule has 0 aromatic heterocycles. The monoisotopic (exact) mass is 771 g/mol. The molecule has 0 saturated heterocycles. The molecule has 0 spiro atoms. The molecule has 0 fully saturated rings. The third-order valence-electron chi connectivity index (χ3n) is 8.32. The molecule has 14 heteroatoms. The van der Waals surface area contributed by atoms with E-state index in [1.54, 1.807) is 0 Å². The van der Waals surface area contributed by atoms with Gasteiger partial charge in [0.15, 0.2) is 8.32 Å². The van der Waals surface area contributed by atoms with Gasteiger partial charge in [0.2, 0.25) is 0 Å². The number of ether oxygens (including phenoxy) is 11. The summed E-state index contributed by atoms with van der Waals surface area (Å²) >= 11 is 0. The molecular formula is C38H78O13Si. The van der Waals surface area contributed by atoms with Crippen LogP contribution in [0.4, 0.5) is 0 Å². The quantitative estimate of drug-likeness (QED) is 0.0418. The molecule has 0 N–H and O–H groups in total. The molecule has 0 unspecified atom stereocenters. The maximum Gasteiger partial charge on any atom is 0.305 e. The van der Waals surface area contributed by atoms with Crippen LogP contribution in [0.3, 0.4) is 0 Å². The van der Waals surface area contributed by atoms with E-state index in [4.69, 9.17) is 56.5 Å². The number of rotatable bonds is 42. The predicted octanol–water partition coefficient (Wildman–Crippen LogP) is 5.86. The van der Waals surface area contributed by atoms with Gasteiger partial charge in [-0.25, -0.2) is 0 Å². The van der Waals surface area contributed by atoms with E-state index in [9.17, 15) is 4.79 Å². The van der Waals surface area contributed by atoms with Gasteiger partial charge in [0.05, 0.1) is 139 Å². The van der Waals surface area contributed by atoms with Crippen LogP contribution in [0.5, 0.6) is 0 Å². The van der Waals surface area contributed by atoms with Gasteiger partial charge < -0.3 is 56.5 Å². The first-order valence-electron chi connectivity index (χ1n) is 19.8. The molecule has 13 nitrogen and oxygen atoms in total. The first-order chi connectivity index (χ1) is 25.2. The second kappa shape index (κ2) is 38.5. The van der Waals surface area contributed by atoms with Crippen LogP contribution >= 0.6 is 0 Å². The topological polar surface area (TPSA) is 128 Å². The molecule has 0 aliphatic rings. The fourth-order valence-electron chi connectivity index (χ4n) is 4.17. The van der Waals surface area contributed by atoms with Crippen molar-refractivity contribution in [3.05, 3.63) is 0 Å². The average molecular weight is 771 g/mol. The Labute approximate surface area is 317 Å². The molecule has 0 heterocycles. The smallest absolute Gasteiger partial charge is 0.305 e. The highest BCUT2D eigenvalue weighted by Gasteiger charge is 2.36. The summed E-state index contributed by atoms with van der Waals surface area (Å²) in [6.07, 6.45) is 8.80. The van der Waals surface area contributed by atoms with Crippen molar-refractivity contribution in [2.75, 3.05) is 145 Å². The van der Waals surface area contributed by atoms with Crippen molar-refractivity contribution in [3.63, 3.8) is 0 Å². The van der Waals surface area contributed by atoms with E-state index in [1.807, 2.05) is 0 Å². The zero-order valence-electron chi connectivity index (χ0n) is 34.0. The van der Waals surface area contributed by atoms with E-state index in [0.29, 0.717) is 145 Å². The summed E-state index contributed by atoms with van der Waals surface area (Å²) in [6, 6.07) is 0. The number of carbonyl (C=O) groups excluding carboxylic acids is 1. The van der Waals surface area contributed by atoms with E-state index in [-0.39, 0.29) is 17.6 Å². The lowest BCUT2D eigenvalue weighted by atomic mass is 10.1. The van der Waals surface area contributed by atoms with Gasteiger partial charge in [-0.05, 0) is 24.6 Å². The summed E-state index contributed by atoms with van der Waals surface area (Å²) in [5.41, 5.74) is 0. The van der Waals surface area contributed by atoms with Crippen LogP contribution in [0.15, 0.2) is 0 Å². The van der Waals surface area contributed by atoms with Crippen molar-refractivity contribution in [1.29, 1.82) is 0 Å². The molecule has 0 aliphatic carbocycles. The standard InChI is InChI=1S/C38H78O13Si/c1-7-8-9-10-11-12-13-14-37(39)50-35-33-48-31-29-46-27-25-44-23-21-42-19-17-40-15-16-41-18-20-43-22-24-45-26-28-47-30-32-49-34-36-51-52(5,6)38(2,3)4/h7-36H2,1-6H3. The summed E-state index contributed by atoms with van der Waals surface area (Å²) in [5, 5.41) is 0.214. The zero-order chi connectivity index (χ0) is 38.3. The summed E-state index contributed by atoms with van der Waals surface area (Å²) < 4.78 is 66.3.